The maximum atomic E-state index is 13.2. The van der Waals surface area contributed by atoms with Crippen molar-refractivity contribution in [3.05, 3.63) is 203 Å². The van der Waals surface area contributed by atoms with Crippen LogP contribution >= 0.6 is 15.9 Å². The van der Waals surface area contributed by atoms with E-state index in [4.69, 9.17) is 28.3 Å². The van der Waals surface area contributed by atoms with Gasteiger partial charge in [0.05, 0.1) is 44.2 Å². The smallest absolute Gasteiger partial charge is 0.494 e. The number of methoxy groups -OCH3 is 2. The summed E-state index contributed by atoms with van der Waals surface area (Å²) in [7, 11) is 8.75. The number of fused-ring (bicyclic) bond motifs is 2. The van der Waals surface area contributed by atoms with E-state index in [2.05, 4.69) is 35.9 Å². The number of imidazole rings is 2. The summed E-state index contributed by atoms with van der Waals surface area (Å²) in [5, 5.41) is 0. The molecular weight excluding hydrogens is 1090 g/mol. The highest BCUT2D eigenvalue weighted by molar-refractivity contribution is 9.10. The third-order valence-corrected chi connectivity index (χ3v) is 14.3. The lowest BCUT2D eigenvalue weighted by molar-refractivity contribution is 0.00578. The van der Waals surface area contributed by atoms with Crippen molar-refractivity contribution in [1.82, 2.24) is 47.3 Å². The lowest BCUT2D eigenvalue weighted by atomic mass is 9.79. The van der Waals surface area contributed by atoms with Gasteiger partial charge in [0, 0.05) is 46.1 Å². The molecule has 0 bridgehead atoms. The van der Waals surface area contributed by atoms with Crippen LogP contribution in [-0.2, 0) is 50.6 Å². The molecular formula is C58H58BBrN10O10. The molecule has 1 aliphatic rings. The number of hydrogen-bond donors (Lipinski definition) is 0. The van der Waals surface area contributed by atoms with Crippen molar-refractivity contribution in [3.8, 4) is 46.3 Å². The molecule has 7 heterocycles. The predicted octanol–water partition coefficient (Wildman–Crippen LogP) is 7.77. The molecule has 410 valence electrons. The molecule has 0 unspecified atom stereocenters. The average Bonchev–Trinajstić information content (AvgIpc) is 4.28. The molecule has 1 fully saturated rings. The quantitative estimate of drug-likeness (QED) is 0.0847. The van der Waals surface area contributed by atoms with Crippen LogP contribution in [0.15, 0.2) is 170 Å². The van der Waals surface area contributed by atoms with E-state index in [-0.39, 0.29) is 40.9 Å². The average molecular weight is 1150 g/mol. The second-order valence-corrected chi connectivity index (χ2v) is 20.5. The molecule has 0 amide bonds. The normalized spacial score (nSPS) is 13.3. The van der Waals surface area contributed by atoms with Gasteiger partial charge in [0.15, 0.2) is 22.3 Å². The molecule has 0 atom stereocenters. The summed E-state index contributed by atoms with van der Waals surface area (Å²) >= 11 is 3.20. The van der Waals surface area contributed by atoms with Crippen LogP contribution in [0, 0.1) is 0 Å². The Labute approximate surface area is 468 Å². The maximum Gasteiger partial charge on any atom is 0.494 e. The van der Waals surface area contributed by atoms with Crippen molar-refractivity contribution in [2.45, 2.75) is 52.0 Å². The lowest BCUT2D eigenvalue weighted by Gasteiger charge is -2.32. The molecule has 0 aliphatic carbocycles. The highest BCUT2D eigenvalue weighted by Crippen LogP contribution is 2.37. The minimum atomic E-state index is -0.496. The Morgan fingerprint density at radius 1 is 0.525 bits per heavy atom. The van der Waals surface area contributed by atoms with E-state index >= 15 is 0 Å². The first-order valence-corrected chi connectivity index (χ1v) is 26.0. The highest BCUT2D eigenvalue weighted by atomic mass is 79.9. The zero-order chi connectivity index (χ0) is 57.0. The van der Waals surface area contributed by atoms with Crippen LogP contribution in [0.5, 0.6) is 35.0 Å². The van der Waals surface area contributed by atoms with Crippen molar-refractivity contribution >= 4 is 50.8 Å². The Morgan fingerprint density at radius 3 is 1.38 bits per heavy atom. The van der Waals surface area contributed by atoms with Crippen molar-refractivity contribution in [2.75, 3.05) is 14.2 Å². The summed E-state index contributed by atoms with van der Waals surface area (Å²) in [6.45, 7) is 8.61. The molecule has 0 saturated carbocycles. The molecule has 6 aromatic heterocycles. The van der Waals surface area contributed by atoms with Gasteiger partial charge in [0.1, 0.15) is 27.6 Å². The van der Waals surface area contributed by atoms with Gasteiger partial charge < -0.3 is 28.3 Å². The fraction of sp³-hybridized carbons (Fsp3) is 0.241. The summed E-state index contributed by atoms with van der Waals surface area (Å²) in [5.41, 5.74) is 2.73. The predicted molar refractivity (Wildman–Crippen MR) is 309 cm³/mol. The Bertz CT molecular complexity index is 4090. The van der Waals surface area contributed by atoms with Crippen molar-refractivity contribution in [3.63, 3.8) is 0 Å². The van der Waals surface area contributed by atoms with Crippen molar-refractivity contribution in [1.29, 1.82) is 0 Å². The summed E-state index contributed by atoms with van der Waals surface area (Å²) in [6, 6.07) is 41.6. The number of halogens is 1. The maximum absolute atomic E-state index is 13.2. The topological polar surface area (TPSA) is 205 Å². The minimum absolute atomic E-state index is 0.185. The van der Waals surface area contributed by atoms with E-state index in [1.807, 2.05) is 149 Å². The third kappa shape index (κ3) is 11.6. The van der Waals surface area contributed by atoms with Crippen LogP contribution in [-0.4, -0.2) is 79.9 Å². The number of hydrogen-bond acceptors (Lipinski definition) is 14. The first kappa shape index (κ1) is 55.9. The van der Waals surface area contributed by atoms with E-state index in [1.165, 1.54) is 23.2 Å². The monoisotopic (exact) mass is 1140 g/mol. The van der Waals surface area contributed by atoms with E-state index in [9.17, 15) is 19.2 Å². The fourth-order valence-corrected chi connectivity index (χ4v) is 8.93. The van der Waals surface area contributed by atoms with Gasteiger partial charge >= 0.3 is 30.5 Å². The van der Waals surface area contributed by atoms with Gasteiger partial charge in [0.25, 0.3) is 11.1 Å². The van der Waals surface area contributed by atoms with Gasteiger partial charge in [-0.3, -0.25) is 42.0 Å². The number of aryl methyl sites for hydroxylation is 2. The van der Waals surface area contributed by atoms with Gasteiger partial charge in [-0.25, -0.2) is 14.6 Å². The number of ether oxygens (including phenoxy) is 4. The number of pyridine rings is 2. The SMILES string of the molecule is Brc1ccccn1.COc1cccc(Cn2c(Oc3ccc(-c4ccccn4)cc3)nc3c2c(=O)n(C)c(=O)n3C)c1.COc1cccc(Cn2c(Oc3ccc(B4OC(C)(C)C(C)(C)O4)cc3)nc3c2c(=O)n(C)c(=O)n3C)c1. The number of rotatable bonds is 12. The van der Waals surface area contributed by atoms with Crippen LogP contribution < -0.4 is 46.9 Å². The summed E-state index contributed by atoms with van der Waals surface area (Å²) in [5.74, 6) is 2.43. The zero-order valence-corrected chi connectivity index (χ0v) is 47.4. The molecule has 80 heavy (non-hydrogen) atoms. The third-order valence-electron chi connectivity index (χ3n) is 13.8. The van der Waals surface area contributed by atoms with E-state index in [0.29, 0.717) is 29.5 Å². The highest BCUT2D eigenvalue weighted by Gasteiger charge is 2.51. The molecule has 10 aromatic rings. The fourth-order valence-electron chi connectivity index (χ4n) is 8.66. The largest absolute Gasteiger partial charge is 0.497 e. The molecule has 0 spiro atoms. The summed E-state index contributed by atoms with van der Waals surface area (Å²) < 4.78 is 44.4. The van der Waals surface area contributed by atoms with Gasteiger partial charge in [-0.05, 0) is 145 Å². The first-order valence-electron chi connectivity index (χ1n) is 25.2. The van der Waals surface area contributed by atoms with Crippen molar-refractivity contribution in [2.24, 2.45) is 28.2 Å². The molecule has 22 heteroatoms. The molecule has 1 saturated heterocycles. The van der Waals surface area contributed by atoms with Crippen LogP contribution in [0.3, 0.4) is 0 Å². The lowest BCUT2D eigenvalue weighted by Crippen LogP contribution is -2.41. The molecule has 20 nitrogen and oxygen atoms in total. The Hall–Kier alpha value is -8.86. The minimum Gasteiger partial charge on any atom is -0.497 e. The van der Waals surface area contributed by atoms with Crippen LogP contribution in [0.25, 0.3) is 33.6 Å². The van der Waals surface area contributed by atoms with Crippen LogP contribution in [0.4, 0.5) is 0 Å². The molecule has 0 N–H and O–H groups in total. The molecule has 4 aromatic carbocycles. The number of aromatic nitrogens is 10. The standard InChI is InChI=1S/C27H31BN4O6.C26H23N5O4.C5H4BrN/c1-26(2)27(3,4)38-28(37-26)18-11-13-19(14-12-18)36-24-29-22-21(23(33)31(6)25(34)30(22)5)32(24)16-17-9-8-10-20(15-17)35-7;1-29-23-22(24(32)30(2)26(29)33)31(16-17-7-6-8-20(15-17)34-3)25(28-23)35-19-12-10-18(11-13-19)21-9-4-5-14-27-21;6-5-3-1-2-4-7-5/h8-15H,16H2,1-7H3;4-15H,16H2,1-3H3;1-4H. The Morgan fingerprint density at radius 2 is 0.975 bits per heavy atom. The zero-order valence-electron chi connectivity index (χ0n) is 45.8. The molecule has 1 aliphatic heterocycles. The van der Waals surface area contributed by atoms with Crippen molar-refractivity contribution < 1.29 is 28.3 Å². The summed E-state index contributed by atoms with van der Waals surface area (Å²) in [4.78, 5) is 68.7. The number of nitrogens with zero attached hydrogens (tertiary/aromatic N) is 10. The van der Waals surface area contributed by atoms with E-state index in [1.54, 1.807) is 62.0 Å². The Balaban J connectivity index is 0.000000173. The second kappa shape index (κ2) is 23.2. The first-order chi connectivity index (χ1) is 38.3. The van der Waals surface area contributed by atoms with E-state index < -0.39 is 40.8 Å². The van der Waals surface area contributed by atoms with Gasteiger partial charge in [-0.1, -0.05) is 48.5 Å². The summed E-state index contributed by atoms with van der Waals surface area (Å²) in [6.07, 6.45) is 3.48. The Kier molecular flexibility index (Phi) is 16.2. The van der Waals surface area contributed by atoms with Crippen LogP contribution in [0.1, 0.15) is 38.8 Å². The van der Waals surface area contributed by atoms with Crippen LogP contribution in [0.2, 0.25) is 0 Å². The number of benzene rings is 4. The van der Waals surface area contributed by atoms with Gasteiger partial charge in [-0.2, -0.15) is 9.97 Å². The van der Waals surface area contributed by atoms with Gasteiger partial charge in [0.2, 0.25) is 0 Å². The molecule has 11 rings (SSSR count). The van der Waals surface area contributed by atoms with Gasteiger partial charge in [-0.15, -0.1) is 0 Å². The molecule has 0 radical (unpaired) electrons. The second-order valence-electron chi connectivity index (χ2n) is 19.7. The van der Waals surface area contributed by atoms with E-state index in [0.717, 1.165) is 41.6 Å².